The van der Waals surface area contributed by atoms with E-state index in [0.29, 0.717) is 27.4 Å². The molecule has 0 radical (unpaired) electrons. The number of fused-ring (bicyclic) bond motifs is 1. The molecule has 4 aromatic rings. The Morgan fingerprint density at radius 1 is 1.09 bits per heavy atom. The number of carbonyl (C=O) groups is 1. The topological polar surface area (TPSA) is 81.1 Å². The number of ether oxygens (including phenoxy) is 1. The fraction of sp³-hybridized carbons (Fsp3) is 0.125. The zero-order chi connectivity index (χ0) is 23.5. The Morgan fingerprint density at radius 3 is 2.65 bits per heavy atom. The van der Waals surface area contributed by atoms with Crippen molar-refractivity contribution < 1.29 is 13.9 Å². The molecule has 1 aliphatic heterocycles. The minimum absolute atomic E-state index is 0.181. The molecule has 2 N–H and O–H groups in total. The molecule has 2 unspecified atom stereocenters. The van der Waals surface area contributed by atoms with E-state index < -0.39 is 11.3 Å². The van der Waals surface area contributed by atoms with E-state index in [4.69, 9.17) is 16.3 Å². The van der Waals surface area contributed by atoms with Crippen LogP contribution in [-0.2, 0) is 11.4 Å². The Hall–Kier alpha value is -3.56. The molecule has 0 aliphatic carbocycles. The summed E-state index contributed by atoms with van der Waals surface area (Å²) < 4.78 is 21.1. The van der Waals surface area contributed by atoms with Gasteiger partial charge in [0, 0.05) is 10.7 Å². The highest BCUT2D eigenvalue weighted by Gasteiger charge is 2.38. The summed E-state index contributed by atoms with van der Waals surface area (Å²) in [5.74, 6) is 0.656. The lowest BCUT2D eigenvalue weighted by molar-refractivity contribution is -0.116. The number of rotatable bonds is 6. The average Bonchev–Trinajstić information content (AvgIpc) is 3.25. The molecule has 3 aromatic carbocycles. The molecule has 0 spiro atoms. The number of para-hydroxylation sites is 1. The van der Waals surface area contributed by atoms with E-state index >= 15 is 0 Å². The van der Waals surface area contributed by atoms with Crippen LogP contribution in [-0.4, -0.2) is 26.0 Å². The van der Waals surface area contributed by atoms with Crippen LogP contribution >= 0.6 is 23.4 Å². The first-order chi connectivity index (χ1) is 16.6. The molecular formula is C24H19ClFN5O2S. The minimum Gasteiger partial charge on any atom is -0.486 e. The van der Waals surface area contributed by atoms with E-state index in [-0.39, 0.29) is 18.3 Å². The van der Waals surface area contributed by atoms with Crippen molar-refractivity contribution in [2.75, 3.05) is 10.7 Å². The molecule has 5 rings (SSSR count). The molecule has 172 valence electrons. The lowest BCUT2D eigenvalue weighted by Crippen LogP contribution is -2.41. The highest BCUT2D eigenvalue weighted by Crippen LogP contribution is 2.38. The van der Waals surface area contributed by atoms with Gasteiger partial charge in [-0.3, -0.25) is 4.79 Å². The van der Waals surface area contributed by atoms with E-state index in [0.717, 1.165) is 5.56 Å². The van der Waals surface area contributed by atoms with E-state index in [1.165, 1.54) is 23.9 Å². The quantitative estimate of drug-likeness (QED) is 0.390. The number of nitrogens with one attached hydrogen (secondary N) is 2. The molecule has 10 heteroatoms. The van der Waals surface area contributed by atoms with Crippen molar-refractivity contribution in [3.63, 3.8) is 0 Å². The molecule has 0 fully saturated rings. The maximum atomic E-state index is 13.6. The van der Waals surface area contributed by atoms with E-state index in [1.54, 1.807) is 41.1 Å². The van der Waals surface area contributed by atoms with Crippen LogP contribution in [0.1, 0.15) is 17.4 Å². The maximum Gasteiger partial charge on any atom is 0.240 e. The van der Waals surface area contributed by atoms with Crippen LogP contribution in [0.2, 0.25) is 5.02 Å². The summed E-state index contributed by atoms with van der Waals surface area (Å²) in [5, 5.41) is 11.8. The normalized spacial score (nSPS) is 16.9. The maximum absolute atomic E-state index is 13.6. The van der Waals surface area contributed by atoms with Crippen molar-refractivity contribution in [2.24, 2.45) is 0 Å². The predicted molar refractivity (Wildman–Crippen MR) is 129 cm³/mol. The van der Waals surface area contributed by atoms with Gasteiger partial charge in [0.15, 0.2) is 5.82 Å². The second kappa shape index (κ2) is 9.74. The molecule has 2 atom stereocenters. The number of anilines is 1. The number of aromatic nitrogens is 3. The SMILES string of the molecule is O=C(Nc1cccc(Cl)c1)C1Sc2nnc(COc3ccccc3)n2NC1c1ccc(F)cc1. The van der Waals surface area contributed by atoms with Gasteiger partial charge in [-0.05, 0) is 48.0 Å². The number of carbonyl (C=O) groups excluding carboxylic acids is 1. The van der Waals surface area contributed by atoms with Crippen molar-refractivity contribution >= 4 is 35.0 Å². The van der Waals surface area contributed by atoms with Crippen LogP contribution in [0.25, 0.3) is 0 Å². The second-order valence-electron chi connectivity index (χ2n) is 7.53. The molecule has 0 saturated carbocycles. The smallest absolute Gasteiger partial charge is 0.240 e. The lowest BCUT2D eigenvalue weighted by Gasteiger charge is -2.33. The van der Waals surface area contributed by atoms with Crippen molar-refractivity contribution in [1.29, 1.82) is 0 Å². The first-order valence-corrected chi connectivity index (χ1v) is 11.7. The van der Waals surface area contributed by atoms with Gasteiger partial charge in [0.2, 0.25) is 11.1 Å². The summed E-state index contributed by atoms with van der Waals surface area (Å²) in [6, 6.07) is 21.9. The van der Waals surface area contributed by atoms with Gasteiger partial charge in [-0.15, -0.1) is 10.2 Å². The first-order valence-electron chi connectivity index (χ1n) is 10.4. The van der Waals surface area contributed by atoms with E-state index in [1.807, 2.05) is 30.3 Å². The van der Waals surface area contributed by atoms with Gasteiger partial charge in [0.1, 0.15) is 23.4 Å². The third-order valence-electron chi connectivity index (χ3n) is 5.19. The highest BCUT2D eigenvalue weighted by atomic mass is 35.5. The van der Waals surface area contributed by atoms with Gasteiger partial charge in [-0.1, -0.05) is 59.8 Å². The summed E-state index contributed by atoms with van der Waals surface area (Å²) in [6.07, 6.45) is 0. The number of thioether (sulfide) groups is 1. The summed E-state index contributed by atoms with van der Waals surface area (Å²) in [5.41, 5.74) is 4.66. The molecule has 7 nitrogen and oxygen atoms in total. The van der Waals surface area contributed by atoms with Crippen LogP contribution < -0.4 is 15.5 Å². The van der Waals surface area contributed by atoms with Gasteiger partial charge in [0.05, 0.1) is 6.04 Å². The zero-order valence-electron chi connectivity index (χ0n) is 17.7. The molecule has 0 saturated heterocycles. The zero-order valence-corrected chi connectivity index (χ0v) is 19.3. The molecule has 1 amide bonds. The third kappa shape index (κ3) is 4.85. The monoisotopic (exact) mass is 495 g/mol. The standard InChI is InChI=1S/C24H19ClFN5O2S/c25-16-5-4-6-18(13-16)27-23(32)22-21(15-9-11-17(26)12-10-15)30-31-20(28-29-24(31)34-22)14-33-19-7-2-1-3-8-19/h1-13,21-22,30H,14H2,(H,27,32). The Morgan fingerprint density at radius 2 is 1.88 bits per heavy atom. The van der Waals surface area contributed by atoms with Gasteiger partial charge in [-0.25, -0.2) is 9.07 Å². The number of benzene rings is 3. The van der Waals surface area contributed by atoms with E-state index in [2.05, 4.69) is 20.9 Å². The third-order valence-corrected chi connectivity index (χ3v) is 6.64. The fourth-order valence-corrected chi connectivity index (χ4v) is 4.85. The van der Waals surface area contributed by atoms with Gasteiger partial charge in [0.25, 0.3) is 0 Å². The summed E-state index contributed by atoms with van der Waals surface area (Å²) in [4.78, 5) is 13.3. The molecule has 2 heterocycles. The van der Waals surface area contributed by atoms with Crippen molar-refractivity contribution in [3.05, 3.63) is 101 Å². The molecule has 34 heavy (non-hydrogen) atoms. The molecule has 0 bridgehead atoms. The highest BCUT2D eigenvalue weighted by molar-refractivity contribution is 8.00. The Balaban J connectivity index is 1.42. The molecule has 1 aromatic heterocycles. The second-order valence-corrected chi connectivity index (χ2v) is 9.08. The summed E-state index contributed by atoms with van der Waals surface area (Å²) in [7, 11) is 0. The number of hydrogen-bond acceptors (Lipinski definition) is 6. The van der Waals surface area contributed by atoms with Crippen molar-refractivity contribution in [3.8, 4) is 5.75 Å². The minimum atomic E-state index is -0.607. The van der Waals surface area contributed by atoms with Crippen LogP contribution in [0.4, 0.5) is 10.1 Å². The number of halogens is 2. The molecular weight excluding hydrogens is 477 g/mol. The van der Waals surface area contributed by atoms with Gasteiger partial charge >= 0.3 is 0 Å². The van der Waals surface area contributed by atoms with Crippen molar-refractivity contribution in [1.82, 2.24) is 14.9 Å². The largest absolute Gasteiger partial charge is 0.486 e. The van der Waals surface area contributed by atoms with Gasteiger partial charge in [-0.2, -0.15) is 0 Å². The molecule has 1 aliphatic rings. The summed E-state index contributed by atoms with van der Waals surface area (Å²) in [6.45, 7) is 0.181. The lowest BCUT2D eigenvalue weighted by atomic mass is 10.0. The van der Waals surface area contributed by atoms with E-state index in [9.17, 15) is 9.18 Å². The Labute approximate surface area is 204 Å². The van der Waals surface area contributed by atoms with Crippen LogP contribution in [0, 0.1) is 5.82 Å². The first kappa shape index (κ1) is 22.2. The van der Waals surface area contributed by atoms with Crippen LogP contribution in [0.15, 0.2) is 84.0 Å². The summed E-state index contributed by atoms with van der Waals surface area (Å²) >= 11 is 7.33. The Kier molecular flexibility index (Phi) is 6.37. The fourth-order valence-electron chi connectivity index (χ4n) is 3.56. The van der Waals surface area contributed by atoms with Gasteiger partial charge < -0.3 is 15.5 Å². The number of amides is 1. The average molecular weight is 496 g/mol. The Bertz CT molecular complexity index is 1300. The van der Waals surface area contributed by atoms with Crippen LogP contribution in [0.3, 0.4) is 0 Å². The van der Waals surface area contributed by atoms with Crippen molar-refractivity contribution in [2.45, 2.75) is 23.1 Å². The number of nitrogens with zero attached hydrogens (tertiary/aromatic N) is 3. The predicted octanol–water partition coefficient (Wildman–Crippen LogP) is 5.05. The number of hydrogen-bond donors (Lipinski definition) is 2. The van der Waals surface area contributed by atoms with Crippen LogP contribution in [0.5, 0.6) is 5.75 Å².